The summed E-state index contributed by atoms with van der Waals surface area (Å²) in [6.45, 7) is 5.27. The van der Waals surface area contributed by atoms with Gasteiger partial charge in [0.05, 0.1) is 24.5 Å². The van der Waals surface area contributed by atoms with Crippen LogP contribution in [0.15, 0.2) is 0 Å². The van der Waals surface area contributed by atoms with Crippen LogP contribution in [0.3, 0.4) is 0 Å². The number of hydrogen-bond donors (Lipinski definition) is 0. The lowest BCUT2D eigenvalue weighted by Crippen LogP contribution is -2.09. The van der Waals surface area contributed by atoms with Gasteiger partial charge < -0.3 is 9.47 Å². The minimum Gasteiger partial charge on any atom is -0.346 e. The highest BCUT2D eigenvalue weighted by molar-refractivity contribution is 6.30. The highest BCUT2D eigenvalue weighted by Gasteiger charge is 2.26. The molecule has 0 amide bonds. The zero-order chi connectivity index (χ0) is 11.5. The van der Waals surface area contributed by atoms with Gasteiger partial charge in [-0.2, -0.15) is 5.10 Å². The quantitative estimate of drug-likeness (QED) is 0.817. The average molecular weight is 243 g/mol. The second kappa shape index (κ2) is 5.08. The lowest BCUT2D eigenvalue weighted by atomic mass is 10.0. The molecule has 1 aliphatic heterocycles. The van der Waals surface area contributed by atoms with E-state index < -0.39 is 0 Å². The summed E-state index contributed by atoms with van der Waals surface area (Å²) >= 11 is 6.08. The van der Waals surface area contributed by atoms with Gasteiger partial charge in [0.25, 0.3) is 0 Å². The van der Waals surface area contributed by atoms with Crippen LogP contribution >= 0.6 is 11.6 Å². The van der Waals surface area contributed by atoms with Crippen LogP contribution in [0.1, 0.15) is 36.5 Å². The molecule has 0 unspecified atom stereocenters. The van der Waals surface area contributed by atoms with Gasteiger partial charge in [0.1, 0.15) is 0 Å². The Labute approximate surface area is 99.9 Å². The fourth-order valence-electron chi connectivity index (χ4n) is 1.88. The first-order chi connectivity index (χ1) is 7.74. The summed E-state index contributed by atoms with van der Waals surface area (Å²) in [5.74, 6) is 0. The van der Waals surface area contributed by atoms with Crippen molar-refractivity contribution in [2.24, 2.45) is 0 Å². The van der Waals surface area contributed by atoms with E-state index in [4.69, 9.17) is 21.1 Å². The van der Waals surface area contributed by atoms with Crippen molar-refractivity contribution in [3.8, 4) is 0 Å². The molecule has 88 valence electrons. The number of rotatable bonds is 3. The van der Waals surface area contributed by atoms with Gasteiger partial charge in [-0.15, -0.1) is 5.10 Å². The number of hydrogen-bond acceptors (Lipinski definition) is 4. The first-order valence-electron chi connectivity index (χ1n) is 5.48. The lowest BCUT2D eigenvalue weighted by molar-refractivity contribution is -0.0450. The highest BCUT2D eigenvalue weighted by Crippen LogP contribution is 2.32. The Hall–Kier alpha value is -0.710. The molecule has 0 bridgehead atoms. The summed E-state index contributed by atoms with van der Waals surface area (Å²) in [6, 6.07) is 0. The molecule has 1 fully saturated rings. The summed E-state index contributed by atoms with van der Waals surface area (Å²) in [6.07, 6.45) is 1.57. The van der Waals surface area contributed by atoms with Crippen molar-refractivity contribution >= 4 is 11.6 Å². The van der Waals surface area contributed by atoms with E-state index in [2.05, 4.69) is 17.1 Å². The maximum atomic E-state index is 6.08. The van der Waals surface area contributed by atoms with Crippen LogP contribution in [0.5, 0.6) is 0 Å². The summed E-state index contributed by atoms with van der Waals surface area (Å²) in [5.41, 5.74) is 2.86. The van der Waals surface area contributed by atoms with Gasteiger partial charge in [-0.05, 0) is 18.9 Å². The van der Waals surface area contributed by atoms with Crippen molar-refractivity contribution in [1.29, 1.82) is 0 Å². The molecule has 2 rings (SSSR count). The molecule has 1 saturated heterocycles. The highest BCUT2D eigenvalue weighted by atomic mass is 35.5. The zero-order valence-electron chi connectivity index (χ0n) is 9.49. The Morgan fingerprint density at radius 2 is 2.00 bits per heavy atom. The molecule has 2 heterocycles. The molecule has 0 radical (unpaired) electrons. The number of aryl methyl sites for hydroxylation is 1. The van der Waals surface area contributed by atoms with Crippen molar-refractivity contribution in [1.82, 2.24) is 10.2 Å². The van der Waals surface area contributed by atoms with Gasteiger partial charge >= 0.3 is 0 Å². The summed E-state index contributed by atoms with van der Waals surface area (Å²) in [4.78, 5) is 0. The third-order valence-electron chi connectivity index (χ3n) is 2.63. The summed E-state index contributed by atoms with van der Waals surface area (Å²) < 4.78 is 11.0. The second-order valence-electron chi connectivity index (χ2n) is 3.79. The van der Waals surface area contributed by atoms with E-state index in [0.717, 1.165) is 29.7 Å². The summed E-state index contributed by atoms with van der Waals surface area (Å²) in [7, 11) is 0. The summed E-state index contributed by atoms with van der Waals surface area (Å²) in [5, 5.41) is 8.35. The van der Waals surface area contributed by atoms with Crippen molar-refractivity contribution in [3.05, 3.63) is 22.0 Å². The Kier molecular flexibility index (Phi) is 3.74. The minimum absolute atomic E-state index is 0.372. The standard InChI is InChI=1S/C11H15ClN2O2/c1-3-4-8-7(2)13-14-10(12)9(8)11-15-5-6-16-11/h11H,3-6H2,1-2H3. The van der Waals surface area contributed by atoms with Gasteiger partial charge in [-0.25, -0.2) is 0 Å². The molecule has 4 nitrogen and oxygen atoms in total. The monoisotopic (exact) mass is 242 g/mol. The van der Waals surface area contributed by atoms with Crippen LogP contribution in [0.2, 0.25) is 5.15 Å². The molecule has 0 N–H and O–H groups in total. The van der Waals surface area contributed by atoms with E-state index >= 15 is 0 Å². The van der Waals surface area contributed by atoms with Crippen molar-refractivity contribution in [2.75, 3.05) is 13.2 Å². The first-order valence-corrected chi connectivity index (χ1v) is 5.86. The van der Waals surface area contributed by atoms with Gasteiger partial charge in [-0.1, -0.05) is 24.9 Å². The molecule has 0 spiro atoms. The van der Waals surface area contributed by atoms with Crippen LogP contribution in [0, 0.1) is 6.92 Å². The minimum atomic E-state index is -0.372. The Balaban J connectivity index is 2.42. The molecule has 5 heteroatoms. The number of nitrogens with zero attached hydrogens (tertiary/aromatic N) is 2. The van der Waals surface area contributed by atoms with Gasteiger partial charge in [0.15, 0.2) is 11.4 Å². The van der Waals surface area contributed by atoms with E-state index in [1.807, 2.05) is 6.92 Å². The fourth-order valence-corrected chi connectivity index (χ4v) is 2.12. The average Bonchev–Trinajstić information content (AvgIpc) is 2.77. The molecule has 16 heavy (non-hydrogen) atoms. The third kappa shape index (κ3) is 2.19. The van der Waals surface area contributed by atoms with Gasteiger partial charge in [-0.3, -0.25) is 0 Å². The van der Waals surface area contributed by atoms with Crippen LogP contribution < -0.4 is 0 Å². The molecular weight excluding hydrogens is 228 g/mol. The van der Waals surface area contributed by atoms with Crippen molar-refractivity contribution < 1.29 is 9.47 Å². The SMILES string of the molecule is CCCc1c(C)nnc(Cl)c1C1OCCO1. The maximum absolute atomic E-state index is 6.08. The third-order valence-corrected chi connectivity index (χ3v) is 2.91. The molecule has 0 saturated carbocycles. The van der Waals surface area contributed by atoms with Crippen LogP contribution in [-0.2, 0) is 15.9 Å². The Morgan fingerprint density at radius 1 is 1.31 bits per heavy atom. The predicted octanol–water partition coefficient (Wildman–Crippen LogP) is 2.44. The molecule has 0 atom stereocenters. The molecule has 1 aromatic rings. The molecular formula is C11H15ClN2O2. The van der Waals surface area contributed by atoms with Crippen molar-refractivity contribution in [3.63, 3.8) is 0 Å². The topological polar surface area (TPSA) is 44.2 Å². The Morgan fingerprint density at radius 3 is 2.62 bits per heavy atom. The van der Waals surface area contributed by atoms with E-state index in [9.17, 15) is 0 Å². The zero-order valence-corrected chi connectivity index (χ0v) is 10.3. The fraction of sp³-hybridized carbons (Fsp3) is 0.636. The smallest absolute Gasteiger partial charge is 0.187 e. The van der Waals surface area contributed by atoms with E-state index in [0.29, 0.717) is 18.4 Å². The van der Waals surface area contributed by atoms with Crippen molar-refractivity contribution in [2.45, 2.75) is 33.0 Å². The predicted molar refractivity (Wildman–Crippen MR) is 60.4 cm³/mol. The van der Waals surface area contributed by atoms with Gasteiger partial charge in [0.2, 0.25) is 0 Å². The van der Waals surface area contributed by atoms with E-state index in [1.54, 1.807) is 0 Å². The molecule has 0 aliphatic carbocycles. The maximum Gasteiger partial charge on any atom is 0.187 e. The second-order valence-corrected chi connectivity index (χ2v) is 4.15. The lowest BCUT2D eigenvalue weighted by Gasteiger charge is -2.16. The number of ether oxygens (including phenoxy) is 2. The first kappa shape index (κ1) is 11.8. The molecule has 0 aromatic carbocycles. The van der Waals surface area contributed by atoms with E-state index in [1.165, 1.54) is 0 Å². The number of halogens is 1. The van der Waals surface area contributed by atoms with E-state index in [-0.39, 0.29) is 6.29 Å². The van der Waals surface area contributed by atoms with Crippen LogP contribution in [0.4, 0.5) is 0 Å². The Bertz CT molecular complexity index is 378. The normalized spacial score (nSPS) is 16.9. The van der Waals surface area contributed by atoms with Gasteiger partial charge in [0, 0.05) is 0 Å². The van der Waals surface area contributed by atoms with Crippen LogP contribution in [-0.4, -0.2) is 23.4 Å². The number of aromatic nitrogens is 2. The van der Waals surface area contributed by atoms with Crippen LogP contribution in [0.25, 0.3) is 0 Å². The molecule has 1 aliphatic rings. The molecule has 1 aromatic heterocycles. The largest absolute Gasteiger partial charge is 0.346 e.